The lowest BCUT2D eigenvalue weighted by molar-refractivity contribution is -0.142. The molecule has 0 rings (SSSR count). The Hall–Kier alpha value is -0.380. The van der Waals surface area contributed by atoms with Gasteiger partial charge in [0.25, 0.3) is 0 Å². The zero-order valence-corrected chi connectivity index (χ0v) is 8.46. The van der Waals surface area contributed by atoms with E-state index in [9.17, 15) is 9.36 Å². The van der Waals surface area contributed by atoms with Crippen molar-refractivity contribution in [2.24, 2.45) is 0 Å². The quantitative estimate of drug-likeness (QED) is 0.502. The fraction of sp³-hybridized carbons (Fsp3) is 0.833. The monoisotopic (exact) mass is 196 g/mol. The van der Waals surface area contributed by atoms with Crippen LogP contribution in [-0.4, -0.2) is 26.0 Å². The average molecular weight is 196 g/mol. The summed E-state index contributed by atoms with van der Waals surface area (Å²) < 4.78 is 25.3. The molecule has 6 heteroatoms. The van der Waals surface area contributed by atoms with Gasteiger partial charge >= 0.3 is 13.6 Å². The molecule has 72 valence electrons. The van der Waals surface area contributed by atoms with Gasteiger partial charge in [-0.25, -0.2) is 0 Å². The third kappa shape index (κ3) is 2.93. The summed E-state index contributed by atoms with van der Waals surface area (Å²) in [5, 5.41) is 0. The van der Waals surface area contributed by atoms with Gasteiger partial charge in [-0.15, -0.1) is 0 Å². The molecule has 0 aliphatic heterocycles. The Kier molecular flexibility index (Phi) is 4.45. The lowest BCUT2D eigenvalue weighted by Gasteiger charge is -2.19. The van der Waals surface area contributed by atoms with Crippen molar-refractivity contribution in [1.82, 2.24) is 0 Å². The standard InChI is InChI=1S/C6H13O5P/c1-5(7)11-6(2)12(8,9-3)10-4/h6H,1-4H3. The maximum absolute atomic E-state index is 11.5. The SMILES string of the molecule is COP(=O)(OC)C(C)OC(C)=O. The van der Waals surface area contributed by atoms with Crippen LogP contribution in [0.1, 0.15) is 13.8 Å². The molecule has 0 spiro atoms. The van der Waals surface area contributed by atoms with Gasteiger partial charge < -0.3 is 13.8 Å². The second-order valence-electron chi connectivity index (χ2n) is 2.11. The van der Waals surface area contributed by atoms with Gasteiger partial charge in [-0.2, -0.15) is 0 Å². The molecule has 0 fully saturated rings. The van der Waals surface area contributed by atoms with Gasteiger partial charge in [0.1, 0.15) is 0 Å². The molecule has 0 saturated carbocycles. The predicted molar refractivity (Wildman–Crippen MR) is 42.9 cm³/mol. The van der Waals surface area contributed by atoms with E-state index in [1.54, 1.807) is 0 Å². The van der Waals surface area contributed by atoms with Crippen molar-refractivity contribution in [2.75, 3.05) is 14.2 Å². The number of carbonyl (C=O) groups excluding carboxylic acids is 1. The van der Waals surface area contributed by atoms with E-state index in [1.807, 2.05) is 0 Å². The van der Waals surface area contributed by atoms with E-state index < -0.39 is 19.4 Å². The molecule has 0 heterocycles. The topological polar surface area (TPSA) is 61.8 Å². The number of hydrogen-bond donors (Lipinski definition) is 0. The summed E-state index contributed by atoms with van der Waals surface area (Å²) in [5.74, 6) is -1.39. The molecule has 12 heavy (non-hydrogen) atoms. The molecule has 0 bridgehead atoms. The molecule has 0 amide bonds. The van der Waals surface area contributed by atoms with Crippen LogP contribution in [0.4, 0.5) is 0 Å². The van der Waals surface area contributed by atoms with Crippen molar-refractivity contribution in [3.63, 3.8) is 0 Å². The lowest BCUT2D eigenvalue weighted by atomic mass is 10.8. The minimum atomic E-state index is -3.27. The number of ether oxygens (including phenoxy) is 1. The summed E-state index contributed by atoms with van der Waals surface area (Å²) in [6.07, 6.45) is 0. The van der Waals surface area contributed by atoms with E-state index in [1.165, 1.54) is 28.1 Å². The summed E-state index contributed by atoms with van der Waals surface area (Å²) in [4.78, 5) is 10.5. The maximum atomic E-state index is 11.5. The van der Waals surface area contributed by atoms with Crippen LogP contribution in [0.15, 0.2) is 0 Å². The van der Waals surface area contributed by atoms with Crippen molar-refractivity contribution in [1.29, 1.82) is 0 Å². The first-order chi connectivity index (χ1) is 5.46. The van der Waals surface area contributed by atoms with Crippen molar-refractivity contribution in [3.05, 3.63) is 0 Å². The van der Waals surface area contributed by atoms with Crippen molar-refractivity contribution >= 4 is 13.6 Å². The lowest BCUT2D eigenvalue weighted by Crippen LogP contribution is -2.14. The van der Waals surface area contributed by atoms with Crippen LogP contribution in [0.3, 0.4) is 0 Å². The molecule has 0 aliphatic carbocycles. The molecule has 0 aromatic carbocycles. The minimum Gasteiger partial charge on any atom is -0.450 e. The van der Waals surface area contributed by atoms with E-state index in [4.69, 9.17) is 0 Å². The normalized spacial score (nSPS) is 14.0. The summed E-state index contributed by atoms with van der Waals surface area (Å²) in [6, 6.07) is 0. The zero-order valence-electron chi connectivity index (χ0n) is 7.57. The van der Waals surface area contributed by atoms with Gasteiger partial charge in [0.05, 0.1) is 0 Å². The first kappa shape index (κ1) is 11.6. The van der Waals surface area contributed by atoms with Gasteiger partial charge in [-0.1, -0.05) is 0 Å². The Morgan fingerprint density at radius 2 is 1.75 bits per heavy atom. The van der Waals surface area contributed by atoms with Gasteiger partial charge in [-0.05, 0) is 6.92 Å². The highest BCUT2D eigenvalue weighted by atomic mass is 31.2. The second-order valence-corrected chi connectivity index (χ2v) is 4.65. The molecule has 0 aromatic heterocycles. The zero-order chi connectivity index (χ0) is 9.78. The van der Waals surface area contributed by atoms with E-state index in [-0.39, 0.29) is 0 Å². The first-order valence-corrected chi connectivity index (χ1v) is 4.96. The van der Waals surface area contributed by atoms with Crippen LogP contribution in [0.2, 0.25) is 0 Å². The van der Waals surface area contributed by atoms with Crippen LogP contribution in [0.25, 0.3) is 0 Å². The third-order valence-corrected chi connectivity index (χ3v) is 3.30. The van der Waals surface area contributed by atoms with E-state index in [0.717, 1.165) is 0 Å². The number of esters is 1. The number of rotatable bonds is 4. The van der Waals surface area contributed by atoms with Crippen LogP contribution in [-0.2, 0) is 23.1 Å². The van der Waals surface area contributed by atoms with Gasteiger partial charge in [0, 0.05) is 21.1 Å². The minimum absolute atomic E-state index is 0.517. The molecule has 0 aromatic rings. The average Bonchev–Trinajstić information content (AvgIpc) is 2.02. The molecular formula is C6H13O5P. The summed E-state index contributed by atoms with van der Waals surface area (Å²) in [6.45, 7) is 2.68. The second kappa shape index (κ2) is 4.60. The fourth-order valence-electron chi connectivity index (χ4n) is 0.676. The first-order valence-electron chi connectivity index (χ1n) is 3.34. The van der Waals surface area contributed by atoms with Crippen molar-refractivity contribution in [3.8, 4) is 0 Å². The maximum Gasteiger partial charge on any atom is 0.370 e. The smallest absolute Gasteiger partial charge is 0.370 e. The summed E-state index contributed by atoms with van der Waals surface area (Å²) in [7, 11) is -0.788. The van der Waals surface area contributed by atoms with Crippen molar-refractivity contribution in [2.45, 2.75) is 19.7 Å². The molecule has 0 N–H and O–H groups in total. The fourth-order valence-corrected chi connectivity index (χ4v) is 1.70. The van der Waals surface area contributed by atoms with E-state index in [0.29, 0.717) is 0 Å². The summed E-state index contributed by atoms with van der Waals surface area (Å²) >= 11 is 0. The molecular weight excluding hydrogens is 183 g/mol. The third-order valence-electron chi connectivity index (χ3n) is 1.29. The van der Waals surface area contributed by atoms with Crippen LogP contribution in [0, 0.1) is 0 Å². The van der Waals surface area contributed by atoms with Crippen LogP contribution < -0.4 is 0 Å². The molecule has 0 aliphatic rings. The van der Waals surface area contributed by atoms with Gasteiger partial charge in [0.2, 0.25) is 0 Å². The molecule has 5 nitrogen and oxygen atoms in total. The number of hydrogen-bond acceptors (Lipinski definition) is 5. The van der Waals surface area contributed by atoms with Crippen molar-refractivity contribution < 1.29 is 23.1 Å². The molecule has 0 radical (unpaired) electrons. The van der Waals surface area contributed by atoms with E-state index >= 15 is 0 Å². The highest BCUT2D eigenvalue weighted by Gasteiger charge is 2.32. The Labute approximate surface area is 71.5 Å². The van der Waals surface area contributed by atoms with Gasteiger partial charge in [0.15, 0.2) is 5.85 Å². The highest BCUT2D eigenvalue weighted by molar-refractivity contribution is 7.54. The highest BCUT2D eigenvalue weighted by Crippen LogP contribution is 2.51. The van der Waals surface area contributed by atoms with Crippen LogP contribution in [0.5, 0.6) is 0 Å². The predicted octanol–water partition coefficient (Wildman–Crippen LogP) is 1.38. The van der Waals surface area contributed by atoms with Crippen LogP contribution >= 0.6 is 7.60 Å². The number of carbonyl (C=O) groups is 1. The molecule has 1 atom stereocenters. The Balaban J connectivity index is 4.32. The Bertz CT molecular complexity index is 194. The Morgan fingerprint density at radius 1 is 1.33 bits per heavy atom. The van der Waals surface area contributed by atoms with Gasteiger partial charge in [-0.3, -0.25) is 9.36 Å². The Morgan fingerprint density at radius 3 is 2.00 bits per heavy atom. The van der Waals surface area contributed by atoms with E-state index in [2.05, 4.69) is 13.8 Å². The largest absolute Gasteiger partial charge is 0.450 e. The summed E-state index contributed by atoms with van der Waals surface area (Å²) in [5.41, 5.74) is 0. The molecule has 1 unspecified atom stereocenters. The molecule has 0 saturated heterocycles.